The summed E-state index contributed by atoms with van der Waals surface area (Å²) < 4.78 is 0.878. The van der Waals surface area contributed by atoms with E-state index >= 15 is 0 Å². The Kier molecular flexibility index (Phi) is 4.34. The van der Waals surface area contributed by atoms with Gasteiger partial charge in [-0.15, -0.1) is 11.3 Å². The van der Waals surface area contributed by atoms with Crippen LogP contribution in [0, 0.1) is 0 Å². The van der Waals surface area contributed by atoms with Crippen molar-refractivity contribution in [3.05, 3.63) is 9.98 Å². The van der Waals surface area contributed by atoms with E-state index < -0.39 is 0 Å². The molecule has 3 nitrogen and oxygen atoms in total. The molecule has 0 atom stereocenters. The molecule has 0 fully saturated rings. The molecule has 0 saturated heterocycles. The molecule has 1 rings (SSSR count). The molecule has 1 aromatic rings. The maximum atomic E-state index is 5.79. The van der Waals surface area contributed by atoms with Crippen molar-refractivity contribution in [3.63, 3.8) is 0 Å². The van der Waals surface area contributed by atoms with Gasteiger partial charge in [-0.2, -0.15) is 0 Å². The Morgan fingerprint density at radius 1 is 1.57 bits per heavy atom. The number of hydrogen-bond acceptors (Lipinski definition) is 4. The van der Waals surface area contributed by atoms with Crippen molar-refractivity contribution in [2.75, 3.05) is 11.9 Å². The summed E-state index contributed by atoms with van der Waals surface area (Å²) in [6.07, 6.45) is 2.02. The third-order valence-corrected chi connectivity index (χ3v) is 4.06. The number of nitrogens with two attached hydrogens (primary N) is 1. The summed E-state index contributed by atoms with van der Waals surface area (Å²) in [7, 11) is 0. The van der Waals surface area contributed by atoms with Crippen molar-refractivity contribution in [2.45, 2.75) is 32.2 Å². The highest BCUT2D eigenvalue weighted by atomic mass is 79.9. The number of nitrogens with one attached hydrogen (secondary N) is 1. The molecule has 0 unspecified atom stereocenters. The predicted octanol–water partition coefficient (Wildman–Crippen LogP) is 2.83. The van der Waals surface area contributed by atoms with Gasteiger partial charge < -0.3 is 11.1 Å². The summed E-state index contributed by atoms with van der Waals surface area (Å²) in [6.45, 7) is 4.93. The van der Waals surface area contributed by atoms with Gasteiger partial charge in [-0.3, -0.25) is 0 Å². The minimum absolute atomic E-state index is 0.00269. The zero-order valence-corrected chi connectivity index (χ0v) is 10.9. The van der Waals surface area contributed by atoms with E-state index in [4.69, 9.17) is 5.73 Å². The second-order valence-corrected chi connectivity index (χ2v) is 4.96. The molecule has 0 aliphatic heterocycles. The molecular weight excluding hydrogens is 262 g/mol. The third-order valence-electron chi connectivity index (χ3n) is 2.59. The van der Waals surface area contributed by atoms with Crippen molar-refractivity contribution >= 4 is 32.4 Å². The molecular formula is C9H16BrN3S. The van der Waals surface area contributed by atoms with Crippen LogP contribution in [0.2, 0.25) is 0 Å². The molecule has 0 saturated carbocycles. The molecule has 0 aliphatic rings. The number of thiazole rings is 1. The quantitative estimate of drug-likeness (QED) is 0.870. The van der Waals surface area contributed by atoms with E-state index in [1.165, 1.54) is 0 Å². The highest BCUT2D eigenvalue weighted by Crippen LogP contribution is 2.25. The van der Waals surface area contributed by atoms with Gasteiger partial charge in [0.05, 0.1) is 5.54 Å². The fraction of sp³-hybridized carbons (Fsp3) is 0.667. The average molecular weight is 278 g/mol. The van der Waals surface area contributed by atoms with E-state index in [9.17, 15) is 0 Å². The summed E-state index contributed by atoms with van der Waals surface area (Å²) in [5.41, 5.74) is 5.78. The Balaban J connectivity index is 2.73. The number of halogens is 1. The molecule has 0 bridgehead atoms. The van der Waals surface area contributed by atoms with Crippen LogP contribution in [0.15, 0.2) is 9.98 Å². The second-order valence-electron chi connectivity index (χ2n) is 3.29. The van der Waals surface area contributed by atoms with Gasteiger partial charge in [-0.25, -0.2) is 4.98 Å². The van der Waals surface area contributed by atoms with E-state index in [1.807, 2.05) is 5.38 Å². The number of nitrogens with zero attached hydrogens (tertiary/aromatic N) is 1. The van der Waals surface area contributed by atoms with Crippen LogP contribution < -0.4 is 11.1 Å². The van der Waals surface area contributed by atoms with Gasteiger partial charge in [0.2, 0.25) is 0 Å². The molecule has 3 N–H and O–H groups in total. The summed E-state index contributed by atoms with van der Waals surface area (Å²) in [4.78, 5) is 4.31. The van der Waals surface area contributed by atoms with Crippen LogP contribution in [-0.2, 0) is 0 Å². The van der Waals surface area contributed by atoms with Crippen molar-refractivity contribution in [1.29, 1.82) is 0 Å². The molecule has 0 aromatic carbocycles. The van der Waals surface area contributed by atoms with Gasteiger partial charge in [-0.1, -0.05) is 13.8 Å². The number of rotatable bonds is 5. The lowest BCUT2D eigenvalue weighted by atomic mass is 9.93. The monoisotopic (exact) mass is 277 g/mol. The van der Waals surface area contributed by atoms with Gasteiger partial charge >= 0.3 is 0 Å². The molecule has 0 radical (unpaired) electrons. The minimum Gasteiger partial charge on any atom is -0.355 e. The lowest BCUT2D eigenvalue weighted by Crippen LogP contribution is -2.44. The summed E-state index contributed by atoms with van der Waals surface area (Å²) in [5.74, 6) is 0. The Bertz CT molecular complexity index is 275. The normalized spacial score (nSPS) is 11.7. The van der Waals surface area contributed by atoms with Crippen LogP contribution in [0.5, 0.6) is 0 Å². The van der Waals surface area contributed by atoms with Crippen LogP contribution in [0.1, 0.15) is 26.7 Å². The number of anilines is 1. The van der Waals surface area contributed by atoms with E-state index in [0.717, 1.165) is 22.6 Å². The summed E-state index contributed by atoms with van der Waals surface area (Å²) in [6, 6.07) is 0. The molecule has 5 heteroatoms. The maximum absolute atomic E-state index is 5.79. The summed E-state index contributed by atoms with van der Waals surface area (Å²) in [5, 5.41) is 6.32. The first-order valence-corrected chi connectivity index (χ1v) is 6.42. The molecule has 0 amide bonds. The molecule has 1 heterocycles. The zero-order valence-electron chi connectivity index (χ0n) is 8.51. The Morgan fingerprint density at radius 2 is 2.21 bits per heavy atom. The van der Waals surface area contributed by atoms with Gasteiger partial charge in [0, 0.05) is 11.9 Å². The third kappa shape index (κ3) is 2.68. The van der Waals surface area contributed by atoms with Crippen LogP contribution in [0.25, 0.3) is 0 Å². The maximum Gasteiger partial charge on any atom is 0.184 e. The second kappa shape index (κ2) is 5.09. The van der Waals surface area contributed by atoms with Gasteiger partial charge in [0.25, 0.3) is 0 Å². The van der Waals surface area contributed by atoms with Crippen molar-refractivity contribution in [3.8, 4) is 0 Å². The van der Waals surface area contributed by atoms with E-state index in [-0.39, 0.29) is 5.54 Å². The number of hydrogen-bond donors (Lipinski definition) is 2. The van der Waals surface area contributed by atoms with Crippen LogP contribution in [-0.4, -0.2) is 17.1 Å². The Hall–Kier alpha value is -0.130. The van der Waals surface area contributed by atoms with Crippen LogP contribution in [0.3, 0.4) is 0 Å². The van der Waals surface area contributed by atoms with Crippen LogP contribution >= 0.6 is 27.3 Å². The smallest absolute Gasteiger partial charge is 0.184 e. The molecule has 0 aliphatic carbocycles. The topological polar surface area (TPSA) is 50.9 Å². The molecule has 80 valence electrons. The van der Waals surface area contributed by atoms with E-state index in [1.54, 1.807) is 11.3 Å². The lowest BCUT2D eigenvalue weighted by Gasteiger charge is -2.31. The fourth-order valence-electron chi connectivity index (χ4n) is 1.30. The standard InChI is InChI=1S/C9H16BrN3S/c1-3-9(4-2,6-11)13-8-12-7(10)5-14-8/h5H,3-4,6,11H2,1-2H3,(H,12,13). The number of aromatic nitrogens is 1. The van der Waals surface area contributed by atoms with Gasteiger partial charge in [0.15, 0.2) is 5.13 Å². The SMILES string of the molecule is CCC(CC)(CN)Nc1nc(Br)cs1. The predicted molar refractivity (Wildman–Crippen MR) is 65.8 cm³/mol. The fourth-order valence-corrected chi connectivity index (χ4v) is 2.57. The summed E-state index contributed by atoms with van der Waals surface area (Å²) >= 11 is 4.93. The minimum atomic E-state index is -0.00269. The first-order chi connectivity index (χ1) is 6.65. The lowest BCUT2D eigenvalue weighted by molar-refractivity contribution is 0.445. The average Bonchev–Trinajstić information content (AvgIpc) is 2.61. The molecule has 14 heavy (non-hydrogen) atoms. The van der Waals surface area contributed by atoms with E-state index in [0.29, 0.717) is 6.54 Å². The zero-order chi connectivity index (χ0) is 10.6. The first-order valence-electron chi connectivity index (χ1n) is 4.75. The van der Waals surface area contributed by atoms with Gasteiger partial charge in [-0.05, 0) is 28.8 Å². The van der Waals surface area contributed by atoms with E-state index in [2.05, 4.69) is 40.1 Å². The van der Waals surface area contributed by atoms with Crippen molar-refractivity contribution in [2.24, 2.45) is 5.73 Å². The largest absolute Gasteiger partial charge is 0.355 e. The van der Waals surface area contributed by atoms with Gasteiger partial charge in [0.1, 0.15) is 4.60 Å². The molecule has 0 spiro atoms. The first kappa shape index (κ1) is 11.9. The van der Waals surface area contributed by atoms with Crippen LogP contribution in [0.4, 0.5) is 5.13 Å². The highest BCUT2D eigenvalue weighted by molar-refractivity contribution is 9.10. The van der Waals surface area contributed by atoms with Crippen molar-refractivity contribution < 1.29 is 0 Å². The van der Waals surface area contributed by atoms with Crippen molar-refractivity contribution in [1.82, 2.24) is 4.98 Å². The Labute approximate surface area is 97.2 Å². The highest BCUT2D eigenvalue weighted by Gasteiger charge is 2.24. The molecule has 1 aromatic heterocycles. The Morgan fingerprint density at radius 3 is 2.57 bits per heavy atom.